The van der Waals surface area contributed by atoms with E-state index in [1.165, 1.54) is 5.56 Å². The predicted molar refractivity (Wildman–Crippen MR) is 74.3 cm³/mol. The minimum Gasteiger partial charge on any atom is -0.356 e. The molecule has 1 N–H and O–H groups in total. The molecule has 17 heavy (non-hydrogen) atoms. The molecule has 3 heteroatoms. The summed E-state index contributed by atoms with van der Waals surface area (Å²) in [5.41, 5.74) is 1.39. The van der Waals surface area contributed by atoms with Gasteiger partial charge in [-0.2, -0.15) is 0 Å². The normalized spacial score (nSPS) is 11.3. The summed E-state index contributed by atoms with van der Waals surface area (Å²) < 4.78 is 0. The maximum absolute atomic E-state index is 4.35. The topological polar surface area (TPSA) is 28.2 Å². The molecule has 0 saturated heterocycles. The minimum absolute atomic E-state index is 0.135. The van der Waals surface area contributed by atoms with Gasteiger partial charge in [0.15, 0.2) is 0 Å². The molecule has 0 radical (unpaired) electrons. The molecule has 0 aliphatic rings. The monoisotopic (exact) mass is 233 g/mol. The van der Waals surface area contributed by atoms with Crippen LogP contribution in [0.15, 0.2) is 31.0 Å². The fourth-order valence-corrected chi connectivity index (χ4v) is 1.43. The number of pyridine rings is 1. The second-order valence-electron chi connectivity index (χ2n) is 5.30. The number of rotatable bonds is 5. The zero-order valence-corrected chi connectivity index (χ0v) is 11.3. The van der Waals surface area contributed by atoms with Crippen molar-refractivity contribution < 1.29 is 0 Å². The van der Waals surface area contributed by atoms with E-state index in [0.717, 1.165) is 18.9 Å². The lowest BCUT2D eigenvalue weighted by atomic mass is 10.1. The first-order valence-corrected chi connectivity index (χ1v) is 5.94. The van der Waals surface area contributed by atoms with E-state index in [0.29, 0.717) is 0 Å². The fraction of sp³-hybridized carbons (Fsp3) is 0.500. The van der Waals surface area contributed by atoms with Crippen molar-refractivity contribution in [2.24, 2.45) is 0 Å². The van der Waals surface area contributed by atoms with Gasteiger partial charge in [-0.3, -0.25) is 0 Å². The molecule has 1 heterocycles. The first-order valence-electron chi connectivity index (χ1n) is 5.94. The summed E-state index contributed by atoms with van der Waals surface area (Å²) in [4.78, 5) is 6.43. The van der Waals surface area contributed by atoms with E-state index in [-0.39, 0.29) is 5.54 Å². The van der Waals surface area contributed by atoms with Crippen molar-refractivity contribution in [2.45, 2.75) is 32.9 Å². The Hall–Kier alpha value is -1.35. The van der Waals surface area contributed by atoms with Crippen molar-refractivity contribution in [2.75, 3.05) is 18.5 Å². The summed E-state index contributed by atoms with van der Waals surface area (Å²) in [7, 11) is 2.02. The summed E-state index contributed by atoms with van der Waals surface area (Å²) in [6, 6.07) is 4.16. The van der Waals surface area contributed by atoms with Crippen molar-refractivity contribution in [3.05, 3.63) is 36.5 Å². The highest BCUT2D eigenvalue weighted by Crippen LogP contribution is 2.12. The number of aromatic nitrogens is 1. The number of likely N-dealkylation sites (N-methyl/N-ethyl adjacent to an activating group) is 1. The molecule has 1 aromatic heterocycles. The van der Waals surface area contributed by atoms with E-state index >= 15 is 0 Å². The summed E-state index contributed by atoms with van der Waals surface area (Å²) in [6.45, 7) is 11.9. The molecule has 0 aromatic carbocycles. The lowest BCUT2D eigenvalue weighted by Gasteiger charge is -2.21. The lowest BCUT2D eigenvalue weighted by molar-refractivity contribution is 0.424. The number of nitrogens with one attached hydrogen (secondary N) is 1. The smallest absolute Gasteiger partial charge is 0.128 e. The van der Waals surface area contributed by atoms with Crippen molar-refractivity contribution in [1.82, 2.24) is 10.3 Å². The maximum atomic E-state index is 4.35. The molecular weight excluding hydrogens is 210 g/mol. The second kappa shape index (κ2) is 5.82. The van der Waals surface area contributed by atoms with Crippen LogP contribution in [0.1, 0.15) is 26.3 Å². The zero-order chi connectivity index (χ0) is 12.9. The maximum Gasteiger partial charge on any atom is 0.128 e. The summed E-state index contributed by atoms with van der Waals surface area (Å²) in [6.07, 6.45) is 3.73. The zero-order valence-electron chi connectivity index (χ0n) is 11.3. The minimum atomic E-state index is 0.135. The molecule has 0 unspecified atom stereocenters. The average molecular weight is 233 g/mol. The Balaban J connectivity index is 2.69. The Labute approximate surface area is 105 Å². The average Bonchev–Trinajstić information content (AvgIpc) is 2.26. The summed E-state index contributed by atoms with van der Waals surface area (Å²) in [5.74, 6) is 0.984. The van der Waals surface area contributed by atoms with Crippen LogP contribution >= 0.6 is 0 Å². The van der Waals surface area contributed by atoms with Crippen molar-refractivity contribution >= 4 is 5.82 Å². The van der Waals surface area contributed by atoms with Gasteiger partial charge in [0.1, 0.15) is 5.82 Å². The third-order valence-corrected chi connectivity index (χ3v) is 2.43. The Morgan fingerprint density at radius 3 is 2.76 bits per heavy atom. The Bertz CT molecular complexity index is 366. The molecule has 1 aromatic rings. The number of hydrogen-bond donors (Lipinski definition) is 1. The van der Waals surface area contributed by atoms with Gasteiger partial charge in [0, 0.05) is 31.9 Å². The SMILES string of the molecule is C=CCN(C)c1cc(CNC(C)(C)C)ccn1. The van der Waals surface area contributed by atoms with Crippen LogP contribution in [0.4, 0.5) is 5.82 Å². The van der Waals surface area contributed by atoms with Crippen molar-refractivity contribution in [3.8, 4) is 0 Å². The van der Waals surface area contributed by atoms with Gasteiger partial charge in [-0.15, -0.1) is 6.58 Å². The highest BCUT2D eigenvalue weighted by Gasteiger charge is 2.09. The van der Waals surface area contributed by atoms with Crippen molar-refractivity contribution in [3.63, 3.8) is 0 Å². The quantitative estimate of drug-likeness (QED) is 0.792. The number of nitrogens with zero attached hydrogens (tertiary/aromatic N) is 2. The standard InChI is InChI=1S/C14H23N3/c1-6-9-17(5)13-10-12(7-8-15-13)11-16-14(2,3)4/h6-8,10,16H,1,9,11H2,2-5H3. The predicted octanol–water partition coefficient (Wildman–Crippen LogP) is 2.59. The first kappa shape index (κ1) is 13.7. The van der Waals surface area contributed by atoms with E-state index in [4.69, 9.17) is 0 Å². The molecule has 1 rings (SSSR count). The lowest BCUT2D eigenvalue weighted by Crippen LogP contribution is -2.35. The van der Waals surface area contributed by atoms with Crippen LogP contribution in [-0.2, 0) is 6.54 Å². The third-order valence-electron chi connectivity index (χ3n) is 2.43. The molecule has 0 amide bonds. The molecule has 0 aliphatic heterocycles. The van der Waals surface area contributed by atoms with E-state index in [9.17, 15) is 0 Å². The van der Waals surface area contributed by atoms with Crippen LogP contribution < -0.4 is 10.2 Å². The van der Waals surface area contributed by atoms with Gasteiger partial charge in [0.25, 0.3) is 0 Å². The van der Waals surface area contributed by atoms with Gasteiger partial charge in [-0.05, 0) is 38.5 Å². The molecule has 3 nitrogen and oxygen atoms in total. The molecule has 0 aliphatic carbocycles. The summed E-state index contributed by atoms with van der Waals surface area (Å²) >= 11 is 0. The number of hydrogen-bond acceptors (Lipinski definition) is 3. The molecule has 94 valence electrons. The van der Waals surface area contributed by atoms with Crippen LogP contribution in [0.25, 0.3) is 0 Å². The largest absolute Gasteiger partial charge is 0.356 e. The van der Waals surface area contributed by atoms with Crippen LogP contribution in [0.3, 0.4) is 0 Å². The number of anilines is 1. The van der Waals surface area contributed by atoms with Crippen LogP contribution in [0.2, 0.25) is 0 Å². The van der Waals surface area contributed by atoms with Gasteiger partial charge in [-0.1, -0.05) is 6.08 Å². The van der Waals surface area contributed by atoms with E-state index in [1.807, 2.05) is 25.4 Å². The Morgan fingerprint density at radius 2 is 2.18 bits per heavy atom. The third kappa shape index (κ3) is 5.00. The molecular formula is C14H23N3. The van der Waals surface area contributed by atoms with E-state index in [1.54, 1.807) is 0 Å². The van der Waals surface area contributed by atoms with Gasteiger partial charge >= 0.3 is 0 Å². The van der Waals surface area contributed by atoms with Crippen LogP contribution in [0.5, 0.6) is 0 Å². The second-order valence-corrected chi connectivity index (χ2v) is 5.30. The van der Waals surface area contributed by atoms with E-state index in [2.05, 4.69) is 48.6 Å². The highest BCUT2D eigenvalue weighted by atomic mass is 15.2. The van der Waals surface area contributed by atoms with Crippen LogP contribution in [-0.4, -0.2) is 24.1 Å². The summed E-state index contributed by atoms with van der Waals surface area (Å²) in [5, 5.41) is 3.47. The fourth-order valence-electron chi connectivity index (χ4n) is 1.43. The molecule has 0 saturated carbocycles. The molecule has 0 fully saturated rings. The van der Waals surface area contributed by atoms with Gasteiger partial charge < -0.3 is 10.2 Å². The van der Waals surface area contributed by atoms with Crippen molar-refractivity contribution in [1.29, 1.82) is 0 Å². The van der Waals surface area contributed by atoms with Gasteiger partial charge in [-0.25, -0.2) is 4.98 Å². The first-order chi connectivity index (χ1) is 7.92. The molecule has 0 spiro atoms. The highest BCUT2D eigenvalue weighted by molar-refractivity contribution is 5.40. The van der Waals surface area contributed by atoms with Gasteiger partial charge in [0.05, 0.1) is 0 Å². The van der Waals surface area contributed by atoms with Gasteiger partial charge in [0.2, 0.25) is 0 Å². The Kier molecular flexibility index (Phi) is 4.70. The molecule has 0 bridgehead atoms. The van der Waals surface area contributed by atoms with Crippen LogP contribution in [0, 0.1) is 0 Å². The van der Waals surface area contributed by atoms with E-state index < -0.39 is 0 Å². The Morgan fingerprint density at radius 1 is 1.47 bits per heavy atom. The molecule has 0 atom stereocenters.